The summed E-state index contributed by atoms with van der Waals surface area (Å²) in [4.78, 5) is 0. The van der Waals surface area contributed by atoms with E-state index in [2.05, 4.69) is 44.9 Å². The van der Waals surface area contributed by atoms with Gasteiger partial charge in [0.2, 0.25) is 0 Å². The molecule has 1 rings (SSSR count). The highest BCUT2D eigenvalue weighted by atomic mass is 79.9. The largest absolute Gasteiger partial charge is 0.383 e. The Labute approximate surface area is 125 Å². The zero-order valence-electron chi connectivity index (χ0n) is 12.5. The minimum absolute atomic E-state index is 0.414. The van der Waals surface area contributed by atoms with E-state index in [1.54, 1.807) is 7.11 Å². The third kappa shape index (κ3) is 4.89. The summed E-state index contributed by atoms with van der Waals surface area (Å²) < 4.78 is 8.52. The second kappa shape index (κ2) is 8.72. The minimum atomic E-state index is 0.414. The van der Waals surface area contributed by atoms with Crippen LogP contribution in [0.5, 0.6) is 0 Å². The molecule has 0 spiro atoms. The zero-order valence-corrected chi connectivity index (χ0v) is 14.1. The van der Waals surface area contributed by atoms with Crippen LogP contribution in [0.15, 0.2) is 4.47 Å². The molecule has 0 saturated carbocycles. The SMILES string of the molecule is CCCNC(CCc1c(Br)c(C)nn1CC)COC. The molecular formula is C14H26BrN3O. The molecule has 1 aromatic rings. The smallest absolute Gasteiger partial charge is 0.0738 e. The highest BCUT2D eigenvalue weighted by Crippen LogP contribution is 2.22. The van der Waals surface area contributed by atoms with Crippen molar-refractivity contribution in [2.24, 2.45) is 0 Å². The standard InChI is InChI=1S/C14H26BrN3O/c1-5-9-16-12(10-19-4)7-8-13-14(15)11(3)17-18(13)6-2/h12,16H,5-10H2,1-4H3. The second-order valence-electron chi connectivity index (χ2n) is 4.81. The summed E-state index contributed by atoms with van der Waals surface area (Å²) in [6.07, 6.45) is 3.23. The molecule has 19 heavy (non-hydrogen) atoms. The van der Waals surface area contributed by atoms with Crippen molar-refractivity contribution in [3.63, 3.8) is 0 Å². The third-order valence-corrected chi connectivity index (χ3v) is 4.26. The maximum atomic E-state index is 5.28. The van der Waals surface area contributed by atoms with Gasteiger partial charge in [0, 0.05) is 19.7 Å². The third-order valence-electron chi connectivity index (χ3n) is 3.23. The average molecular weight is 332 g/mol. The van der Waals surface area contributed by atoms with E-state index >= 15 is 0 Å². The number of nitrogens with one attached hydrogen (secondary N) is 1. The van der Waals surface area contributed by atoms with E-state index in [1.165, 1.54) is 5.69 Å². The number of ether oxygens (including phenoxy) is 1. The van der Waals surface area contributed by atoms with Gasteiger partial charge in [-0.15, -0.1) is 0 Å². The molecule has 4 nitrogen and oxygen atoms in total. The summed E-state index contributed by atoms with van der Waals surface area (Å²) in [5.74, 6) is 0. The Bertz CT molecular complexity index is 379. The number of methoxy groups -OCH3 is 1. The van der Waals surface area contributed by atoms with Crippen LogP contribution in [0, 0.1) is 6.92 Å². The van der Waals surface area contributed by atoms with Crippen molar-refractivity contribution in [3.8, 4) is 0 Å². The first-order valence-electron chi connectivity index (χ1n) is 7.08. The molecule has 1 aromatic heterocycles. The van der Waals surface area contributed by atoms with Gasteiger partial charge in [-0.05, 0) is 55.6 Å². The lowest BCUT2D eigenvalue weighted by Crippen LogP contribution is -2.34. The van der Waals surface area contributed by atoms with E-state index < -0.39 is 0 Å². The van der Waals surface area contributed by atoms with Gasteiger partial charge in [-0.25, -0.2) is 0 Å². The van der Waals surface area contributed by atoms with Crippen molar-refractivity contribution in [1.29, 1.82) is 0 Å². The Morgan fingerprint density at radius 1 is 1.42 bits per heavy atom. The summed E-state index contributed by atoms with van der Waals surface area (Å²) in [6, 6.07) is 0.414. The Hall–Kier alpha value is -0.390. The van der Waals surface area contributed by atoms with Crippen molar-refractivity contribution in [3.05, 3.63) is 15.9 Å². The summed E-state index contributed by atoms with van der Waals surface area (Å²) in [5, 5.41) is 8.07. The van der Waals surface area contributed by atoms with E-state index in [-0.39, 0.29) is 0 Å². The Balaban J connectivity index is 2.62. The van der Waals surface area contributed by atoms with E-state index in [0.717, 1.165) is 49.1 Å². The molecular weight excluding hydrogens is 306 g/mol. The molecule has 5 heteroatoms. The second-order valence-corrected chi connectivity index (χ2v) is 5.60. The number of aryl methyl sites for hydroxylation is 2. The Morgan fingerprint density at radius 3 is 2.74 bits per heavy atom. The molecule has 1 heterocycles. The molecule has 0 radical (unpaired) electrons. The predicted molar refractivity (Wildman–Crippen MR) is 82.6 cm³/mol. The Morgan fingerprint density at radius 2 is 2.16 bits per heavy atom. The van der Waals surface area contributed by atoms with Gasteiger partial charge in [0.1, 0.15) is 0 Å². The van der Waals surface area contributed by atoms with Gasteiger partial charge in [-0.2, -0.15) is 5.10 Å². The van der Waals surface area contributed by atoms with E-state index in [9.17, 15) is 0 Å². The number of halogens is 1. The molecule has 0 bridgehead atoms. The topological polar surface area (TPSA) is 39.1 Å². The maximum Gasteiger partial charge on any atom is 0.0738 e. The van der Waals surface area contributed by atoms with E-state index in [4.69, 9.17) is 4.74 Å². The van der Waals surface area contributed by atoms with Crippen LogP contribution in [0.3, 0.4) is 0 Å². The molecule has 0 amide bonds. The monoisotopic (exact) mass is 331 g/mol. The normalized spacial score (nSPS) is 12.9. The van der Waals surface area contributed by atoms with Crippen molar-refractivity contribution in [2.75, 3.05) is 20.3 Å². The van der Waals surface area contributed by atoms with Crippen LogP contribution < -0.4 is 5.32 Å². The van der Waals surface area contributed by atoms with Crippen LogP contribution in [0.1, 0.15) is 38.1 Å². The first-order valence-corrected chi connectivity index (χ1v) is 7.87. The molecule has 110 valence electrons. The fourth-order valence-electron chi connectivity index (χ4n) is 2.21. The van der Waals surface area contributed by atoms with Gasteiger partial charge < -0.3 is 10.1 Å². The minimum Gasteiger partial charge on any atom is -0.383 e. The molecule has 0 aliphatic rings. The summed E-state index contributed by atoms with van der Waals surface area (Å²) in [6.45, 7) is 9.08. The lowest BCUT2D eigenvalue weighted by Gasteiger charge is -2.17. The van der Waals surface area contributed by atoms with Crippen LogP contribution in [0.4, 0.5) is 0 Å². The highest BCUT2D eigenvalue weighted by Gasteiger charge is 2.14. The van der Waals surface area contributed by atoms with Gasteiger partial charge in [-0.1, -0.05) is 6.92 Å². The quantitative estimate of drug-likeness (QED) is 0.756. The lowest BCUT2D eigenvalue weighted by molar-refractivity contribution is 0.162. The summed E-state index contributed by atoms with van der Waals surface area (Å²) in [7, 11) is 1.76. The van der Waals surface area contributed by atoms with E-state index in [1.807, 2.05) is 6.92 Å². The number of nitrogens with zero attached hydrogens (tertiary/aromatic N) is 2. The van der Waals surface area contributed by atoms with Gasteiger partial charge in [0.15, 0.2) is 0 Å². The zero-order chi connectivity index (χ0) is 14.3. The first-order chi connectivity index (χ1) is 9.13. The lowest BCUT2D eigenvalue weighted by atomic mass is 10.1. The molecule has 0 saturated heterocycles. The molecule has 1 unspecified atom stereocenters. The van der Waals surface area contributed by atoms with E-state index in [0.29, 0.717) is 6.04 Å². The van der Waals surface area contributed by atoms with Crippen molar-refractivity contribution in [2.45, 2.75) is 52.6 Å². The molecule has 0 aromatic carbocycles. The Kier molecular flexibility index (Phi) is 7.64. The van der Waals surface area contributed by atoms with Gasteiger partial charge in [0.25, 0.3) is 0 Å². The first kappa shape index (κ1) is 16.7. The van der Waals surface area contributed by atoms with Crippen molar-refractivity contribution < 1.29 is 4.74 Å². The molecule has 1 N–H and O–H groups in total. The number of rotatable bonds is 9. The molecule has 1 atom stereocenters. The van der Waals surface area contributed by atoms with Crippen LogP contribution in [0.25, 0.3) is 0 Å². The van der Waals surface area contributed by atoms with Crippen LogP contribution >= 0.6 is 15.9 Å². The van der Waals surface area contributed by atoms with Crippen molar-refractivity contribution >= 4 is 15.9 Å². The van der Waals surface area contributed by atoms with Gasteiger partial charge in [-0.3, -0.25) is 4.68 Å². The summed E-state index contributed by atoms with van der Waals surface area (Å²) >= 11 is 3.65. The molecule has 0 aliphatic carbocycles. The summed E-state index contributed by atoms with van der Waals surface area (Å²) in [5.41, 5.74) is 2.36. The fourth-order valence-corrected chi connectivity index (χ4v) is 2.69. The number of aromatic nitrogens is 2. The molecule has 0 fully saturated rings. The number of hydrogen-bond acceptors (Lipinski definition) is 3. The molecule has 0 aliphatic heterocycles. The number of hydrogen-bond donors (Lipinski definition) is 1. The fraction of sp³-hybridized carbons (Fsp3) is 0.786. The van der Waals surface area contributed by atoms with Crippen LogP contribution in [-0.4, -0.2) is 36.1 Å². The average Bonchev–Trinajstić information content (AvgIpc) is 2.68. The predicted octanol–water partition coefficient (Wildman–Crippen LogP) is 2.92. The highest BCUT2D eigenvalue weighted by molar-refractivity contribution is 9.10. The van der Waals surface area contributed by atoms with Crippen LogP contribution in [-0.2, 0) is 17.7 Å². The van der Waals surface area contributed by atoms with Gasteiger partial charge >= 0.3 is 0 Å². The van der Waals surface area contributed by atoms with Crippen molar-refractivity contribution in [1.82, 2.24) is 15.1 Å². The van der Waals surface area contributed by atoms with Crippen LogP contribution in [0.2, 0.25) is 0 Å². The van der Waals surface area contributed by atoms with Gasteiger partial charge in [0.05, 0.1) is 22.5 Å². The maximum absolute atomic E-state index is 5.28.